The average molecular weight is 190 g/mol. The van der Waals surface area contributed by atoms with Crippen LogP contribution in [0.1, 0.15) is 24.3 Å². The lowest BCUT2D eigenvalue weighted by Gasteiger charge is -2.16. The van der Waals surface area contributed by atoms with Crippen molar-refractivity contribution in [1.29, 1.82) is 5.41 Å². The van der Waals surface area contributed by atoms with Crippen molar-refractivity contribution in [2.24, 2.45) is 5.84 Å². The van der Waals surface area contributed by atoms with Crippen LogP contribution < -0.4 is 16.6 Å². The molecule has 0 amide bonds. The quantitative estimate of drug-likeness (QED) is 0.222. The predicted octanol–water partition coefficient (Wildman–Crippen LogP) is 1.43. The Morgan fingerprint density at radius 2 is 2.14 bits per heavy atom. The zero-order valence-electron chi connectivity index (χ0n) is 7.90. The van der Waals surface area contributed by atoms with Gasteiger partial charge in [0.2, 0.25) is 0 Å². The van der Waals surface area contributed by atoms with E-state index in [1.807, 2.05) is 18.2 Å². The van der Waals surface area contributed by atoms with Crippen molar-refractivity contribution >= 4 is 17.7 Å². The Kier molecular flexibility index (Phi) is 2.13. The molecule has 1 aromatic rings. The van der Waals surface area contributed by atoms with Crippen LogP contribution in [-0.4, -0.2) is 6.34 Å². The molecule has 0 bridgehead atoms. The number of rotatable bonds is 3. The standard InChI is InChI=1S/C10H14N4/c11-6-14(13)10-5-8(12)3-4-9(10)7-1-2-7/h3-7,11H,1-2,12-13H2. The smallest absolute Gasteiger partial charge is 0.101 e. The van der Waals surface area contributed by atoms with Gasteiger partial charge < -0.3 is 5.73 Å². The third-order valence-electron chi connectivity index (χ3n) is 2.49. The lowest BCUT2D eigenvalue weighted by molar-refractivity contribution is 1.06. The molecule has 74 valence electrons. The van der Waals surface area contributed by atoms with Gasteiger partial charge in [-0.3, -0.25) is 10.4 Å². The maximum Gasteiger partial charge on any atom is 0.101 e. The summed E-state index contributed by atoms with van der Waals surface area (Å²) in [4.78, 5) is 0. The fourth-order valence-electron chi connectivity index (χ4n) is 1.59. The minimum Gasteiger partial charge on any atom is -0.399 e. The summed E-state index contributed by atoms with van der Waals surface area (Å²) in [7, 11) is 0. The SMILES string of the molecule is N=CN(N)c1cc(N)ccc1C1CC1. The highest BCUT2D eigenvalue weighted by Gasteiger charge is 2.26. The van der Waals surface area contributed by atoms with Gasteiger partial charge in [-0.1, -0.05) is 6.07 Å². The highest BCUT2D eigenvalue weighted by atomic mass is 15.4. The Bertz CT molecular complexity index is 357. The molecule has 1 aromatic carbocycles. The van der Waals surface area contributed by atoms with Crippen LogP contribution in [0.5, 0.6) is 0 Å². The molecule has 0 spiro atoms. The summed E-state index contributed by atoms with van der Waals surface area (Å²) in [5.74, 6) is 6.27. The Labute approximate surface area is 83.0 Å². The van der Waals surface area contributed by atoms with Gasteiger partial charge in [-0.2, -0.15) is 0 Å². The molecule has 1 saturated carbocycles. The van der Waals surface area contributed by atoms with Crippen molar-refractivity contribution in [3.05, 3.63) is 23.8 Å². The number of hydrogen-bond donors (Lipinski definition) is 3. The molecule has 0 radical (unpaired) electrons. The maximum absolute atomic E-state index is 7.11. The van der Waals surface area contributed by atoms with Crippen LogP contribution in [0, 0.1) is 5.41 Å². The van der Waals surface area contributed by atoms with Crippen LogP contribution in [0.3, 0.4) is 0 Å². The van der Waals surface area contributed by atoms with Gasteiger partial charge in [-0.15, -0.1) is 0 Å². The van der Waals surface area contributed by atoms with Gasteiger partial charge in [0.15, 0.2) is 0 Å². The van der Waals surface area contributed by atoms with Crippen molar-refractivity contribution in [2.75, 3.05) is 10.7 Å². The lowest BCUT2D eigenvalue weighted by Crippen LogP contribution is -2.29. The van der Waals surface area contributed by atoms with E-state index in [0.29, 0.717) is 11.6 Å². The molecule has 5 N–H and O–H groups in total. The zero-order chi connectivity index (χ0) is 10.1. The van der Waals surface area contributed by atoms with Gasteiger partial charge in [0.25, 0.3) is 0 Å². The number of nitrogens with two attached hydrogens (primary N) is 2. The average Bonchev–Trinajstić information content (AvgIpc) is 3.00. The van der Waals surface area contributed by atoms with E-state index in [-0.39, 0.29) is 0 Å². The summed E-state index contributed by atoms with van der Waals surface area (Å²) in [5.41, 5.74) is 8.41. The van der Waals surface area contributed by atoms with E-state index in [0.717, 1.165) is 12.0 Å². The Morgan fingerprint density at radius 1 is 1.43 bits per heavy atom. The topological polar surface area (TPSA) is 79.1 Å². The first-order valence-corrected chi connectivity index (χ1v) is 4.66. The number of nitrogens with zero attached hydrogens (tertiary/aromatic N) is 1. The first kappa shape index (κ1) is 9.02. The molecule has 0 aliphatic heterocycles. The molecule has 14 heavy (non-hydrogen) atoms. The van der Waals surface area contributed by atoms with Crippen LogP contribution in [0.4, 0.5) is 11.4 Å². The number of nitrogen functional groups attached to an aromatic ring is 1. The van der Waals surface area contributed by atoms with E-state index in [1.54, 1.807) is 0 Å². The second kappa shape index (κ2) is 3.31. The second-order valence-corrected chi connectivity index (χ2v) is 3.63. The minimum atomic E-state index is 0.608. The van der Waals surface area contributed by atoms with Crippen molar-refractivity contribution in [3.63, 3.8) is 0 Å². The molecule has 0 unspecified atom stereocenters. The van der Waals surface area contributed by atoms with Crippen LogP contribution in [0.2, 0.25) is 0 Å². The Balaban J connectivity index is 2.42. The van der Waals surface area contributed by atoms with Crippen molar-refractivity contribution in [1.82, 2.24) is 0 Å². The molecule has 1 aliphatic carbocycles. The monoisotopic (exact) mass is 190 g/mol. The van der Waals surface area contributed by atoms with Crippen LogP contribution in [0.25, 0.3) is 0 Å². The molecule has 0 heterocycles. The highest BCUT2D eigenvalue weighted by Crippen LogP contribution is 2.44. The lowest BCUT2D eigenvalue weighted by atomic mass is 10.1. The zero-order valence-corrected chi connectivity index (χ0v) is 7.90. The molecule has 0 saturated heterocycles. The molecule has 0 atom stereocenters. The van der Waals surface area contributed by atoms with E-state index < -0.39 is 0 Å². The van der Waals surface area contributed by atoms with Crippen molar-refractivity contribution in [2.45, 2.75) is 18.8 Å². The summed E-state index contributed by atoms with van der Waals surface area (Å²) >= 11 is 0. The molecule has 4 heteroatoms. The van der Waals surface area contributed by atoms with Crippen molar-refractivity contribution in [3.8, 4) is 0 Å². The fourth-order valence-corrected chi connectivity index (χ4v) is 1.59. The van der Waals surface area contributed by atoms with E-state index in [9.17, 15) is 0 Å². The van der Waals surface area contributed by atoms with E-state index in [2.05, 4.69) is 0 Å². The Morgan fingerprint density at radius 3 is 2.71 bits per heavy atom. The maximum atomic E-state index is 7.11. The van der Waals surface area contributed by atoms with Crippen molar-refractivity contribution < 1.29 is 0 Å². The van der Waals surface area contributed by atoms with E-state index in [4.69, 9.17) is 17.0 Å². The van der Waals surface area contributed by atoms with Crippen LogP contribution >= 0.6 is 0 Å². The molecular weight excluding hydrogens is 176 g/mol. The first-order chi connectivity index (χ1) is 6.72. The predicted molar refractivity (Wildman–Crippen MR) is 58.3 cm³/mol. The first-order valence-electron chi connectivity index (χ1n) is 4.66. The largest absolute Gasteiger partial charge is 0.399 e. The van der Waals surface area contributed by atoms with Crippen LogP contribution in [-0.2, 0) is 0 Å². The van der Waals surface area contributed by atoms with Gasteiger partial charge in [0, 0.05) is 5.69 Å². The molecule has 1 aliphatic rings. The minimum absolute atomic E-state index is 0.608. The third kappa shape index (κ3) is 1.56. The fraction of sp³-hybridized carbons (Fsp3) is 0.300. The molecular formula is C10H14N4. The molecule has 2 rings (SSSR count). The number of hydrazine groups is 1. The van der Waals surface area contributed by atoms with E-state index >= 15 is 0 Å². The summed E-state index contributed by atoms with van der Waals surface area (Å²) in [6.07, 6.45) is 3.52. The summed E-state index contributed by atoms with van der Waals surface area (Å²) < 4.78 is 0. The van der Waals surface area contributed by atoms with Gasteiger partial charge in [0.1, 0.15) is 6.34 Å². The van der Waals surface area contributed by atoms with Gasteiger partial charge in [-0.05, 0) is 36.5 Å². The number of anilines is 2. The van der Waals surface area contributed by atoms with E-state index in [1.165, 1.54) is 23.4 Å². The number of nitrogens with one attached hydrogen (secondary N) is 1. The molecule has 4 nitrogen and oxygen atoms in total. The third-order valence-corrected chi connectivity index (χ3v) is 2.49. The molecule has 1 fully saturated rings. The number of hydrogen-bond acceptors (Lipinski definition) is 3. The van der Waals surface area contributed by atoms with Gasteiger partial charge in [0.05, 0.1) is 5.69 Å². The van der Waals surface area contributed by atoms with Gasteiger partial charge >= 0.3 is 0 Å². The Hall–Kier alpha value is -1.55. The second-order valence-electron chi connectivity index (χ2n) is 3.63. The summed E-state index contributed by atoms with van der Waals surface area (Å²) in [5, 5.41) is 8.42. The summed E-state index contributed by atoms with van der Waals surface area (Å²) in [6.45, 7) is 0. The van der Waals surface area contributed by atoms with Gasteiger partial charge in [-0.25, -0.2) is 5.84 Å². The van der Waals surface area contributed by atoms with Crippen LogP contribution in [0.15, 0.2) is 18.2 Å². The normalized spacial score (nSPS) is 15.2. The number of benzene rings is 1. The summed E-state index contributed by atoms with van der Waals surface area (Å²) in [6, 6.07) is 5.71. The highest BCUT2D eigenvalue weighted by molar-refractivity contribution is 5.79. The molecule has 0 aromatic heterocycles.